The molecule has 5 heteroatoms. The minimum atomic E-state index is -0.591. The highest BCUT2D eigenvalue weighted by Crippen LogP contribution is 2.37. The predicted molar refractivity (Wildman–Crippen MR) is 101 cm³/mol. The maximum atomic E-state index is 12.5. The van der Waals surface area contributed by atoms with Crippen molar-refractivity contribution in [1.82, 2.24) is 10.6 Å². The number of amides is 2. The molecule has 0 bridgehead atoms. The number of carbonyl (C=O) groups excluding carboxylic acids is 2. The van der Waals surface area contributed by atoms with Gasteiger partial charge in [-0.05, 0) is 40.1 Å². The van der Waals surface area contributed by atoms with Gasteiger partial charge in [0.05, 0.1) is 18.7 Å². The molecule has 0 radical (unpaired) electrons. The van der Waals surface area contributed by atoms with Crippen LogP contribution in [0.25, 0.3) is 21.5 Å². The number of methoxy groups -OCH3 is 1. The summed E-state index contributed by atoms with van der Waals surface area (Å²) in [5, 5.41) is 9.66. The highest BCUT2D eigenvalue weighted by molar-refractivity contribution is 6.05. The molecule has 130 valence electrons. The molecule has 1 atom stereocenters. The quantitative estimate of drug-likeness (QED) is 0.548. The van der Waals surface area contributed by atoms with Gasteiger partial charge < -0.3 is 15.4 Å². The Morgan fingerprint density at radius 2 is 1.58 bits per heavy atom. The van der Waals surface area contributed by atoms with Crippen LogP contribution in [-0.4, -0.2) is 19.1 Å². The second-order valence-electron chi connectivity index (χ2n) is 6.29. The van der Waals surface area contributed by atoms with Crippen molar-refractivity contribution < 1.29 is 14.3 Å². The molecule has 5 nitrogen and oxygen atoms in total. The summed E-state index contributed by atoms with van der Waals surface area (Å²) in [5.74, 6) is -0.461. The molecule has 0 aromatic heterocycles. The SMILES string of the molecule is COC(=O)C1=C(C)NC(=O)NC1c1c2ccccc2cc2ccccc12. The molecule has 0 fully saturated rings. The number of benzene rings is 3. The van der Waals surface area contributed by atoms with Crippen LogP contribution in [0.4, 0.5) is 4.79 Å². The molecular weight excluding hydrogens is 328 g/mol. The van der Waals surface area contributed by atoms with Crippen LogP contribution in [-0.2, 0) is 9.53 Å². The highest BCUT2D eigenvalue weighted by Gasteiger charge is 2.33. The number of fused-ring (bicyclic) bond motifs is 2. The Hall–Kier alpha value is -3.34. The molecule has 26 heavy (non-hydrogen) atoms. The molecule has 1 aliphatic heterocycles. The lowest BCUT2D eigenvalue weighted by Gasteiger charge is -2.29. The first-order chi connectivity index (χ1) is 12.6. The predicted octanol–water partition coefficient (Wildman–Crippen LogP) is 3.79. The Labute approximate surface area is 150 Å². The number of hydrogen-bond donors (Lipinski definition) is 2. The zero-order valence-electron chi connectivity index (χ0n) is 14.5. The van der Waals surface area contributed by atoms with Crippen molar-refractivity contribution in [1.29, 1.82) is 0 Å². The summed E-state index contributed by atoms with van der Waals surface area (Å²) < 4.78 is 4.98. The van der Waals surface area contributed by atoms with Crippen molar-refractivity contribution in [3.63, 3.8) is 0 Å². The monoisotopic (exact) mass is 346 g/mol. The van der Waals surface area contributed by atoms with Gasteiger partial charge in [-0.25, -0.2) is 9.59 Å². The van der Waals surface area contributed by atoms with Crippen molar-refractivity contribution >= 4 is 33.5 Å². The Bertz CT molecular complexity index is 1030. The van der Waals surface area contributed by atoms with Crippen molar-refractivity contribution in [2.75, 3.05) is 7.11 Å². The highest BCUT2D eigenvalue weighted by atomic mass is 16.5. The third-order valence-electron chi connectivity index (χ3n) is 4.78. The topological polar surface area (TPSA) is 67.4 Å². The lowest BCUT2D eigenvalue weighted by atomic mass is 9.87. The van der Waals surface area contributed by atoms with E-state index in [1.165, 1.54) is 7.11 Å². The van der Waals surface area contributed by atoms with Gasteiger partial charge in [0.25, 0.3) is 0 Å². The van der Waals surface area contributed by atoms with E-state index in [2.05, 4.69) is 16.7 Å². The third kappa shape index (κ3) is 2.49. The van der Waals surface area contributed by atoms with E-state index in [0.717, 1.165) is 27.1 Å². The molecule has 2 N–H and O–H groups in total. The van der Waals surface area contributed by atoms with Gasteiger partial charge in [-0.3, -0.25) is 0 Å². The summed E-state index contributed by atoms with van der Waals surface area (Å²) in [6, 6.07) is 17.1. The van der Waals surface area contributed by atoms with E-state index < -0.39 is 12.0 Å². The third-order valence-corrected chi connectivity index (χ3v) is 4.78. The molecule has 3 aromatic carbocycles. The standard InChI is InChI=1S/C21H18N2O3/c1-12-17(20(24)26-2)19(23-21(25)22-12)18-15-9-5-3-7-13(15)11-14-8-4-6-10-16(14)18/h3-11,19H,1-2H3,(H2,22,23,25). The van der Waals surface area contributed by atoms with E-state index in [0.29, 0.717) is 11.3 Å². The largest absolute Gasteiger partial charge is 0.466 e. The van der Waals surface area contributed by atoms with Crippen LogP contribution in [0, 0.1) is 0 Å². The number of esters is 1. The van der Waals surface area contributed by atoms with Gasteiger partial charge in [-0.15, -0.1) is 0 Å². The maximum Gasteiger partial charge on any atom is 0.337 e. The normalized spacial score (nSPS) is 17.2. The first-order valence-electron chi connectivity index (χ1n) is 8.37. The number of hydrogen-bond acceptors (Lipinski definition) is 3. The average Bonchev–Trinajstić information content (AvgIpc) is 2.65. The molecular formula is C21H18N2O3. The molecule has 0 saturated heterocycles. The fraction of sp³-hybridized carbons (Fsp3) is 0.143. The number of rotatable bonds is 2. The second kappa shape index (κ2) is 6.19. The van der Waals surface area contributed by atoms with E-state index in [4.69, 9.17) is 4.74 Å². The van der Waals surface area contributed by atoms with E-state index >= 15 is 0 Å². The Balaban J connectivity index is 2.09. The lowest BCUT2D eigenvalue weighted by Crippen LogP contribution is -2.45. The van der Waals surface area contributed by atoms with Crippen LogP contribution in [0.15, 0.2) is 65.9 Å². The van der Waals surface area contributed by atoms with Gasteiger partial charge >= 0.3 is 12.0 Å². The van der Waals surface area contributed by atoms with Gasteiger partial charge in [-0.1, -0.05) is 48.5 Å². The van der Waals surface area contributed by atoms with E-state index in [1.807, 2.05) is 48.5 Å². The number of urea groups is 1. The molecule has 0 aliphatic carbocycles. The average molecular weight is 346 g/mol. The van der Waals surface area contributed by atoms with Gasteiger partial charge in [0.2, 0.25) is 0 Å². The van der Waals surface area contributed by atoms with Crippen LogP contribution >= 0.6 is 0 Å². The fourth-order valence-corrected chi connectivity index (χ4v) is 3.65. The molecule has 3 aromatic rings. The molecule has 0 saturated carbocycles. The first-order valence-corrected chi connectivity index (χ1v) is 8.37. The Kier molecular flexibility index (Phi) is 3.84. The first kappa shape index (κ1) is 16.1. The Morgan fingerprint density at radius 3 is 2.15 bits per heavy atom. The van der Waals surface area contributed by atoms with Crippen LogP contribution < -0.4 is 10.6 Å². The summed E-state index contributed by atoms with van der Waals surface area (Å²) >= 11 is 0. The van der Waals surface area contributed by atoms with Crippen molar-refractivity contribution in [3.8, 4) is 0 Å². The molecule has 4 rings (SSSR count). The molecule has 2 amide bonds. The number of carbonyl (C=O) groups is 2. The van der Waals surface area contributed by atoms with Crippen molar-refractivity contribution in [2.24, 2.45) is 0 Å². The summed E-state index contributed by atoms with van der Waals surface area (Å²) in [6.45, 7) is 1.71. The molecule has 1 unspecified atom stereocenters. The fourth-order valence-electron chi connectivity index (χ4n) is 3.65. The summed E-state index contributed by atoms with van der Waals surface area (Å²) in [4.78, 5) is 24.6. The maximum absolute atomic E-state index is 12.5. The van der Waals surface area contributed by atoms with E-state index in [1.54, 1.807) is 6.92 Å². The lowest BCUT2D eigenvalue weighted by molar-refractivity contribution is -0.136. The number of allylic oxidation sites excluding steroid dienone is 1. The van der Waals surface area contributed by atoms with Crippen LogP contribution in [0.2, 0.25) is 0 Å². The summed E-state index contributed by atoms with van der Waals surface area (Å²) in [6.07, 6.45) is 0. The number of nitrogens with one attached hydrogen (secondary N) is 2. The summed E-state index contributed by atoms with van der Waals surface area (Å²) in [5.41, 5.74) is 1.81. The Morgan fingerprint density at radius 1 is 1.00 bits per heavy atom. The van der Waals surface area contributed by atoms with Gasteiger partial charge in [-0.2, -0.15) is 0 Å². The molecule has 1 heterocycles. The smallest absolute Gasteiger partial charge is 0.337 e. The van der Waals surface area contributed by atoms with E-state index in [9.17, 15) is 9.59 Å². The second-order valence-corrected chi connectivity index (χ2v) is 6.29. The van der Waals surface area contributed by atoms with Crippen LogP contribution in [0.5, 0.6) is 0 Å². The molecule has 1 aliphatic rings. The molecule has 0 spiro atoms. The zero-order chi connectivity index (χ0) is 18.3. The number of ether oxygens (including phenoxy) is 1. The zero-order valence-corrected chi connectivity index (χ0v) is 14.5. The minimum Gasteiger partial charge on any atom is -0.466 e. The van der Waals surface area contributed by atoms with Crippen LogP contribution in [0.1, 0.15) is 18.5 Å². The van der Waals surface area contributed by atoms with Gasteiger partial charge in [0, 0.05) is 5.70 Å². The summed E-state index contributed by atoms with van der Waals surface area (Å²) in [7, 11) is 1.34. The van der Waals surface area contributed by atoms with Crippen LogP contribution in [0.3, 0.4) is 0 Å². The van der Waals surface area contributed by atoms with Crippen molar-refractivity contribution in [2.45, 2.75) is 13.0 Å². The van der Waals surface area contributed by atoms with Crippen molar-refractivity contribution in [3.05, 3.63) is 71.4 Å². The van der Waals surface area contributed by atoms with E-state index in [-0.39, 0.29) is 6.03 Å². The minimum absolute atomic E-state index is 0.336. The van der Waals surface area contributed by atoms with Gasteiger partial charge in [0.15, 0.2) is 0 Å². The van der Waals surface area contributed by atoms with Gasteiger partial charge in [0.1, 0.15) is 0 Å².